The molecule has 4 rings (SSSR count). The van der Waals surface area contributed by atoms with Gasteiger partial charge in [-0.15, -0.1) is 0 Å². The van der Waals surface area contributed by atoms with Crippen LogP contribution >= 0.6 is 0 Å². The number of nitrogens with one attached hydrogen (secondary N) is 2. The zero-order chi connectivity index (χ0) is 23.3. The van der Waals surface area contributed by atoms with Crippen LogP contribution in [0.4, 0.5) is 5.69 Å². The summed E-state index contributed by atoms with van der Waals surface area (Å²) in [6.45, 7) is 2.40. The molecular weight excluding hydrogens is 436 g/mol. The van der Waals surface area contributed by atoms with Crippen molar-refractivity contribution in [3.8, 4) is 5.75 Å². The van der Waals surface area contributed by atoms with E-state index in [0.29, 0.717) is 30.0 Å². The minimum absolute atomic E-state index is 0.157. The van der Waals surface area contributed by atoms with E-state index in [4.69, 9.17) is 4.74 Å². The van der Waals surface area contributed by atoms with Crippen LogP contribution in [0.15, 0.2) is 95.9 Å². The minimum Gasteiger partial charge on any atom is -0.492 e. The number of hydrogen-bond donors (Lipinski definition) is 2. The van der Waals surface area contributed by atoms with Crippen LogP contribution in [-0.2, 0) is 10.0 Å². The molecule has 0 heterocycles. The quantitative estimate of drug-likeness (QED) is 0.372. The lowest BCUT2D eigenvalue weighted by Gasteiger charge is -2.13. The third-order valence-corrected chi connectivity index (χ3v) is 6.56. The van der Waals surface area contributed by atoms with Crippen molar-refractivity contribution in [3.63, 3.8) is 0 Å². The van der Waals surface area contributed by atoms with Crippen molar-refractivity contribution >= 4 is 32.4 Å². The Labute approximate surface area is 193 Å². The largest absolute Gasteiger partial charge is 0.492 e. The number of aryl methyl sites for hydroxylation is 1. The van der Waals surface area contributed by atoms with E-state index in [9.17, 15) is 13.2 Å². The number of hydrogen-bond acceptors (Lipinski definition) is 4. The van der Waals surface area contributed by atoms with E-state index < -0.39 is 10.0 Å². The fourth-order valence-corrected chi connectivity index (χ4v) is 4.51. The Morgan fingerprint density at radius 3 is 2.36 bits per heavy atom. The van der Waals surface area contributed by atoms with Crippen LogP contribution in [0.25, 0.3) is 10.8 Å². The average molecular weight is 461 g/mol. The van der Waals surface area contributed by atoms with Gasteiger partial charge in [-0.05, 0) is 59.7 Å². The predicted molar refractivity (Wildman–Crippen MR) is 130 cm³/mol. The van der Waals surface area contributed by atoms with Gasteiger partial charge >= 0.3 is 0 Å². The molecule has 0 fully saturated rings. The monoisotopic (exact) mass is 460 g/mol. The molecule has 0 aliphatic rings. The molecule has 0 aliphatic carbocycles. The Bertz CT molecular complexity index is 1390. The molecule has 0 saturated heterocycles. The predicted octanol–water partition coefficient (Wildman–Crippen LogP) is 4.76. The average Bonchev–Trinajstić information content (AvgIpc) is 2.83. The molecule has 7 heteroatoms. The molecule has 168 valence electrons. The van der Waals surface area contributed by atoms with Crippen LogP contribution in [0.5, 0.6) is 5.75 Å². The smallest absolute Gasteiger partial charge is 0.261 e. The third kappa shape index (κ3) is 5.51. The molecule has 33 heavy (non-hydrogen) atoms. The molecule has 1 amide bonds. The van der Waals surface area contributed by atoms with Crippen molar-refractivity contribution in [2.24, 2.45) is 0 Å². The van der Waals surface area contributed by atoms with Gasteiger partial charge in [0.1, 0.15) is 12.4 Å². The highest BCUT2D eigenvalue weighted by atomic mass is 32.2. The van der Waals surface area contributed by atoms with Crippen LogP contribution in [0.2, 0.25) is 0 Å². The van der Waals surface area contributed by atoms with Crippen LogP contribution in [0, 0.1) is 6.92 Å². The summed E-state index contributed by atoms with van der Waals surface area (Å²) in [4.78, 5) is 12.7. The Hall–Kier alpha value is -3.84. The first-order chi connectivity index (χ1) is 15.9. The second kappa shape index (κ2) is 9.75. The summed E-state index contributed by atoms with van der Waals surface area (Å²) in [6, 6.07) is 26.9. The van der Waals surface area contributed by atoms with Gasteiger partial charge in [0.2, 0.25) is 0 Å². The Morgan fingerprint density at radius 1 is 0.848 bits per heavy atom. The van der Waals surface area contributed by atoms with Crippen LogP contribution in [0.3, 0.4) is 0 Å². The van der Waals surface area contributed by atoms with Gasteiger partial charge in [-0.2, -0.15) is 0 Å². The molecule has 2 N–H and O–H groups in total. The maximum Gasteiger partial charge on any atom is 0.261 e. The maximum absolute atomic E-state index is 12.6. The summed E-state index contributed by atoms with van der Waals surface area (Å²) in [5, 5.41) is 5.03. The molecule has 0 radical (unpaired) electrons. The lowest BCUT2D eigenvalue weighted by atomic mass is 10.1. The Morgan fingerprint density at radius 2 is 1.58 bits per heavy atom. The van der Waals surface area contributed by atoms with Crippen LogP contribution < -0.4 is 14.8 Å². The van der Waals surface area contributed by atoms with Crippen molar-refractivity contribution < 1.29 is 17.9 Å². The molecule has 0 aromatic heterocycles. The van der Waals surface area contributed by atoms with Crippen LogP contribution in [0.1, 0.15) is 15.9 Å². The summed E-state index contributed by atoms with van der Waals surface area (Å²) in [6.07, 6.45) is 0. The van der Waals surface area contributed by atoms with E-state index in [2.05, 4.69) is 10.0 Å². The second-order valence-electron chi connectivity index (χ2n) is 7.56. The first-order valence-electron chi connectivity index (χ1n) is 10.5. The van der Waals surface area contributed by atoms with Crippen molar-refractivity contribution in [2.45, 2.75) is 11.8 Å². The van der Waals surface area contributed by atoms with E-state index in [-0.39, 0.29) is 10.8 Å². The van der Waals surface area contributed by atoms with Crippen LogP contribution in [-0.4, -0.2) is 27.5 Å². The molecule has 0 saturated carbocycles. The first kappa shape index (κ1) is 22.4. The molecule has 4 aromatic rings. The topological polar surface area (TPSA) is 84.5 Å². The summed E-state index contributed by atoms with van der Waals surface area (Å²) < 4.78 is 33.6. The fraction of sp³-hybridized carbons (Fsp3) is 0.115. The lowest BCUT2D eigenvalue weighted by Crippen LogP contribution is -2.28. The van der Waals surface area contributed by atoms with E-state index in [1.807, 2.05) is 42.5 Å². The summed E-state index contributed by atoms with van der Waals surface area (Å²) in [5.41, 5.74) is 1.43. The lowest BCUT2D eigenvalue weighted by molar-refractivity contribution is 0.0947. The number of carbonyl (C=O) groups is 1. The van der Waals surface area contributed by atoms with Gasteiger partial charge < -0.3 is 10.1 Å². The number of ether oxygens (including phenoxy) is 1. The standard InChI is InChI=1S/C26H24N2O4S/c1-19-11-12-22(18-25(19)28-33(30,31)24-9-3-2-4-10-24)26(29)27-15-16-32-23-14-13-20-7-5-6-8-21(20)17-23/h2-14,17-18,28H,15-16H2,1H3,(H,27,29). The van der Waals surface area contributed by atoms with Gasteiger partial charge in [0.25, 0.3) is 15.9 Å². The number of benzene rings is 4. The van der Waals surface area contributed by atoms with Gasteiger partial charge in [0.15, 0.2) is 0 Å². The highest BCUT2D eigenvalue weighted by Crippen LogP contribution is 2.22. The summed E-state index contributed by atoms with van der Waals surface area (Å²) in [5.74, 6) is 0.424. The van der Waals surface area contributed by atoms with Crippen molar-refractivity contribution in [1.82, 2.24) is 5.32 Å². The number of carbonyl (C=O) groups excluding carboxylic acids is 1. The molecule has 0 atom stereocenters. The zero-order valence-corrected chi connectivity index (χ0v) is 18.9. The maximum atomic E-state index is 12.6. The number of sulfonamides is 1. The SMILES string of the molecule is Cc1ccc(C(=O)NCCOc2ccc3ccccc3c2)cc1NS(=O)(=O)c1ccccc1. The number of fused-ring (bicyclic) bond motifs is 1. The number of rotatable bonds is 8. The number of amides is 1. The van der Waals surface area contributed by atoms with Crippen molar-refractivity contribution in [1.29, 1.82) is 0 Å². The fourth-order valence-electron chi connectivity index (χ4n) is 3.37. The zero-order valence-electron chi connectivity index (χ0n) is 18.1. The normalized spacial score (nSPS) is 11.2. The van der Waals surface area contributed by atoms with Gasteiger partial charge in [-0.1, -0.05) is 54.6 Å². The summed E-state index contributed by atoms with van der Waals surface area (Å²) >= 11 is 0. The summed E-state index contributed by atoms with van der Waals surface area (Å²) in [7, 11) is -3.75. The third-order valence-electron chi connectivity index (χ3n) is 5.17. The van der Waals surface area contributed by atoms with E-state index in [0.717, 1.165) is 16.5 Å². The molecule has 0 aliphatic heterocycles. The molecule has 4 aromatic carbocycles. The van der Waals surface area contributed by atoms with Crippen molar-refractivity contribution in [2.75, 3.05) is 17.9 Å². The molecule has 0 spiro atoms. The van der Waals surface area contributed by atoms with Gasteiger partial charge in [0.05, 0.1) is 17.1 Å². The number of anilines is 1. The Balaban J connectivity index is 1.36. The molecule has 6 nitrogen and oxygen atoms in total. The first-order valence-corrected chi connectivity index (χ1v) is 12.0. The molecular formula is C26H24N2O4S. The van der Waals surface area contributed by atoms with E-state index in [1.54, 1.807) is 37.3 Å². The molecule has 0 bridgehead atoms. The van der Waals surface area contributed by atoms with E-state index >= 15 is 0 Å². The van der Waals surface area contributed by atoms with Gasteiger partial charge in [-0.25, -0.2) is 8.42 Å². The highest BCUT2D eigenvalue weighted by Gasteiger charge is 2.16. The van der Waals surface area contributed by atoms with E-state index in [1.165, 1.54) is 18.2 Å². The second-order valence-corrected chi connectivity index (χ2v) is 9.24. The minimum atomic E-state index is -3.75. The Kier molecular flexibility index (Phi) is 6.60. The van der Waals surface area contributed by atoms with Crippen molar-refractivity contribution in [3.05, 3.63) is 102 Å². The van der Waals surface area contributed by atoms with Gasteiger partial charge in [0, 0.05) is 5.56 Å². The highest BCUT2D eigenvalue weighted by molar-refractivity contribution is 7.92. The molecule has 0 unspecified atom stereocenters. The van der Waals surface area contributed by atoms with Gasteiger partial charge in [-0.3, -0.25) is 9.52 Å².